The summed E-state index contributed by atoms with van der Waals surface area (Å²) in [7, 11) is 1.75. The van der Waals surface area contributed by atoms with Crippen LogP contribution in [-0.2, 0) is 7.05 Å². The van der Waals surface area contributed by atoms with E-state index >= 15 is 0 Å². The smallest absolute Gasteiger partial charge is 0.338 e. The number of aryl methyl sites for hydroxylation is 2. The molecule has 1 aromatic carbocycles. The van der Waals surface area contributed by atoms with Gasteiger partial charge in [0.2, 0.25) is 0 Å². The first-order valence-electron chi connectivity index (χ1n) is 4.86. The Labute approximate surface area is 96.1 Å². The van der Waals surface area contributed by atoms with Crippen LogP contribution in [-0.4, -0.2) is 31.7 Å². The summed E-state index contributed by atoms with van der Waals surface area (Å²) in [6.45, 7) is 1.73. The highest BCUT2D eigenvalue weighted by molar-refractivity contribution is 6.10. The molecule has 0 aliphatic carbocycles. The van der Waals surface area contributed by atoms with Crippen molar-refractivity contribution in [2.24, 2.45) is 7.05 Å². The van der Waals surface area contributed by atoms with Crippen LogP contribution in [0, 0.1) is 6.92 Å². The maximum absolute atomic E-state index is 11.1. The van der Waals surface area contributed by atoms with E-state index in [1.54, 1.807) is 24.6 Å². The van der Waals surface area contributed by atoms with Gasteiger partial charge in [-0.1, -0.05) is 0 Å². The van der Waals surface area contributed by atoms with Crippen molar-refractivity contribution in [1.82, 2.24) is 9.55 Å². The lowest BCUT2D eigenvalue weighted by atomic mass is 10.1. The Bertz CT molecular complexity index is 642. The van der Waals surface area contributed by atoms with Crippen LogP contribution >= 0.6 is 0 Å². The third-order valence-electron chi connectivity index (χ3n) is 2.72. The molecule has 0 aliphatic rings. The molecule has 0 atom stereocenters. The van der Waals surface area contributed by atoms with E-state index in [1.807, 2.05) is 0 Å². The van der Waals surface area contributed by atoms with E-state index in [2.05, 4.69) is 4.98 Å². The van der Waals surface area contributed by atoms with Crippen LogP contribution in [0.5, 0.6) is 0 Å². The number of carbonyl (C=O) groups is 2. The summed E-state index contributed by atoms with van der Waals surface area (Å²) >= 11 is 0. The molecule has 6 nitrogen and oxygen atoms in total. The Balaban J connectivity index is 2.94. The van der Waals surface area contributed by atoms with Gasteiger partial charge in [-0.3, -0.25) is 0 Å². The monoisotopic (exact) mass is 234 g/mol. The molecule has 17 heavy (non-hydrogen) atoms. The lowest BCUT2D eigenvalue weighted by molar-refractivity contribution is 0.0653. The van der Waals surface area contributed by atoms with Crippen molar-refractivity contribution in [1.29, 1.82) is 0 Å². The molecule has 0 fully saturated rings. The highest BCUT2D eigenvalue weighted by Gasteiger charge is 2.22. The predicted molar refractivity (Wildman–Crippen MR) is 59.4 cm³/mol. The van der Waals surface area contributed by atoms with Crippen LogP contribution in [0.3, 0.4) is 0 Å². The molecule has 1 aromatic heterocycles. The number of aromatic nitrogens is 2. The fraction of sp³-hybridized carbons (Fsp3) is 0.182. The number of hydrogen-bond acceptors (Lipinski definition) is 3. The van der Waals surface area contributed by atoms with Crippen molar-refractivity contribution in [3.63, 3.8) is 0 Å². The zero-order valence-corrected chi connectivity index (χ0v) is 9.26. The quantitative estimate of drug-likeness (QED) is 0.816. The molecule has 0 saturated carbocycles. The Morgan fingerprint density at radius 2 is 1.88 bits per heavy atom. The molecule has 0 aliphatic heterocycles. The van der Waals surface area contributed by atoms with Gasteiger partial charge in [-0.15, -0.1) is 0 Å². The normalized spacial score (nSPS) is 10.7. The van der Waals surface area contributed by atoms with Gasteiger partial charge in [-0.25, -0.2) is 14.6 Å². The average Bonchev–Trinajstić information content (AvgIpc) is 2.53. The molecule has 1 heterocycles. The minimum atomic E-state index is -1.29. The fourth-order valence-electron chi connectivity index (χ4n) is 1.77. The van der Waals surface area contributed by atoms with Crippen molar-refractivity contribution < 1.29 is 19.8 Å². The third-order valence-corrected chi connectivity index (χ3v) is 2.72. The number of fused-ring (bicyclic) bond motifs is 1. The van der Waals surface area contributed by atoms with Gasteiger partial charge in [0.1, 0.15) is 16.9 Å². The molecule has 0 amide bonds. The number of rotatable bonds is 2. The molecular weight excluding hydrogens is 224 g/mol. The van der Waals surface area contributed by atoms with Crippen molar-refractivity contribution in [3.05, 3.63) is 29.1 Å². The van der Waals surface area contributed by atoms with E-state index in [0.29, 0.717) is 11.3 Å². The van der Waals surface area contributed by atoms with Gasteiger partial charge in [0.15, 0.2) is 0 Å². The minimum absolute atomic E-state index is 0.206. The van der Waals surface area contributed by atoms with Gasteiger partial charge in [0.05, 0.1) is 11.1 Å². The van der Waals surface area contributed by atoms with Crippen LogP contribution in [0.25, 0.3) is 11.0 Å². The first kappa shape index (κ1) is 11.1. The number of aromatic carboxylic acids is 2. The van der Waals surface area contributed by atoms with Gasteiger partial charge in [0.25, 0.3) is 0 Å². The fourth-order valence-corrected chi connectivity index (χ4v) is 1.77. The van der Waals surface area contributed by atoms with Gasteiger partial charge in [-0.2, -0.15) is 0 Å². The summed E-state index contributed by atoms with van der Waals surface area (Å²) in [5.41, 5.74) is 0.295. The summed E-state index contributed by atoms with van der Waals surface area (Å²) in [5, 5.41) is 18.1. The first-order valence-corrected chi connectivity index (χ1v) is 4.86. The SMILES string of the molecule is Cc1nc2c(C(=O)O)c(C(=O)O)ccc2n1C. The Hall–Kier alpha value is -2.37. The van der Waals surface area contributed by atoms with Gasteiger partial charge >= 0.3 is 11.9 Å². The zero-order valence-electron chi connectivity index (χ0n) is 9.26. The van der Waals surface area contributed by atoms with E-state index in [1.165, 1.54) is 6.07 Å². The molecule has 0 saturated heterocycles. The predicted octanol–water partition coefficient (Wildman–Crippen LogP) is 1.28. The summed E-state index contributed by atoms with van der Waals surface area (Å²) in [6.07, 6.45) is 0. The molecule has 6 heteroatoms. The molecule has 88 valence electrons. The van der Waals surface area contributed by atoms with Crippen LogP contribution in [0.2, 0.25) is 0 Å². The topological polar surface area (TPSA) is 92.4 Å². The molecule has 2 aromatic rings. The number of carboxylic acid groups (broad SMARTS) is 2. The molecule has 0 radical (unpaired) electrons. The van der Waals surface area contributed by atoms with Crippen LogP contribution < -0.4 is 0 Å². The number of nitrogens with zero attached hydrogens (tertiary/aromatic N) is 2. The summed E-state index contributed by atoms with van der Waals surface area (Å²) in [4.78, 5) is 26.2. The van der Waals surface area contributed by atoms with Gasteiger partial charge < -0.3 is 14.8 Å². The van der Waals surface area contributed by atoms with Crippen LogP contribution in [0.15, 0.2) is 12.1 Å². The zero-order chi connectivity index (χ0) is 12.7. The second-order valence-corrected chi connectivity index (χ2v) is 3.68. The maximum atomic E-state index is 11.1. The number of imidazole rings is 1. The lowest BCUT2D eigenvalue weighted by Gasteiger charge is -2.02. The molecule has 0 spiro atoms. The summed E-state index contributed by atoms with van der Waals surface area (Å²) < 4.78 is 1.72. The number of carboxylic acids is 2. The van der Waals surface area contributed by atoms with E-state index in [0.717, 1.165) is 0 Å². The number of hydrogen-bond donors (Lipinski definition) is 2. The van der Waals surface area contributed by atoms with Gasteiger partial charge in [-0.05, 0) is 19.1 Å². The van der Waals surface area contributed by atoms with E-state index in [9.17, 15) is 9.59 Å². The Kier molecular flexibility index (Phi) is 2.35. The molecular formula is C11H10N2O4. The summed E-state index contributed by atoms with van der Waals surface area (Å²) in [6, 6.07) is 2.85. The first-order chi connectivity index (χ1) is 7.93. The van der Waals surface area contributed by atoms with Gasteiger partial charge in [0, 0.05) is 7.05 Å². The molecule has 0 unspecified atom stereocenters. The maximum Gasteiger partial charge on any atom is 0.338 e. The largest absolute Gasteiger partial charge is 0.478 e. The third kappa shape index (κ3) is 1.54. The lowest BCUT2D eigenvalue weighted by Crippen LogP contribution is -2.08. The van der Waals surface area contributed by atoms with E-state index in [4.69, 9.17) is 10.2 Å². The van der Waals surface area contributed by atoms with Crippen molar-refractivity contribution in [3.8, 4) is 0 Å². The Morgan fingerprint density at radius 3 is 2.41 bits per heavy atom. The van der Waals surface area contributed by atoms with Crippen LogP contribution in [0.4, 0.5) is 0 Å². The standard InChI is InChI=1S/C11H10N2O4/c1-5-12-9-7(13(5)2)4-3-6(10(14)15)8(9)11(16)17/h3-4H,1-2H3,(H,14,15)(H,16,17). The molecule has 2 rings (SSSR count). The Morgan fingerprint density at radius 1 is 1.24 bits per heavy atom. The van der Waals surface area contributed by atoms with Crippen LogP contribution in [0.1, 0.15) is 26.5 Å². The molecule has 2 N–H and O–H groups in total. The molecule has 0 bridgehead atoms. The highest BCUT2D eigenvalue weighted by atomic mass is 16.4. The highest BCUT2D eigenvalue weighted by Crippen LogP contribution is 2.22. The summed E-state index contributed by atoms with van der Waals surface area (Å²) in [5.74, 6) is -1.93. The number of benzene rings is 1. The van der Waals surface area contributed by atoms with E-state index < -0.39 is 11.9 Å². The second-order valence-electron chi connectivity index (χ2n) is 3.68. The van der Waals surface area contributed by atoms with E-state index in [-0.39, 0.29) is 16.6 Å². The van der Waals surface area contributed by atoms with Crippen molar-refractivity contribution in [2.75, 3.05) is 0 Å². The average molecular weight is 234 g/mol. The van der Waals surface area contributed by atoms with Crippen molar-refractivity contribution >= 4 is 23.0 Å². The van der Waals surface area contributed by atoms with Crippen molar-refractivity contribution in [2.45, 2.75) is 6.92 Å². The second kappa shape index (κ2) is 3.58. The minimum Gasteiger partial charge on any atom is -0.478 e.